The molecule has 1 saturated heterocycles. The summed E-state index contributed by atoms with van der Waals surface area (Å²) >= 11 is 0. The number of rotatable bonds is 11. The monoisotopic (exact) mass is 508 g/mol. The molecule has 9 heteroatoms. The summed E-state index contributed by atoms with van der Waals surface area (Å²) in [4.78, 5) is 32.0. The summed E-state index contributed by atoms with van der Waals surface area (Å²) in [5.74, 6) is -0.0493. The van der Waals surface area contributed by atoms with Gasteiger partial charge in [0.25, 0.3) is 5.91 Å². The van der Waals surface area contributed by atoms with E-state index in [1.165, 1.54) is 0 Å². The molecule has 1 saturated carbocycles. The number of ether oxygens (including phenoxy) is 1. The van der Waals surface area contributed by atoms with Crippen molar-refractivity contribution in [1.82, 2.24) is 15.2 Å². The molecule has 0 radical (unpaired) electrons. The quantitative estimate of drug-likeness (QED) is 0.269. The van der Waals surface area contributed by atoms with E-state index in [1.807, 2.05) is 18.2 Å². The Bertz CT molecular complexity index is 1030. The number of hydrogen-bond donors (Lipinski definition) is 4. The average molecular weight is 509 g/mol. The van der Waals surface area contributed by atoms with Crippen LogP contribution in [0.2, 0.25) is 0 Å². The molecule has 6 N–H and O–H groups in total. The van der Waals surface area contributed by atoms with Gasteiger partial charge >= 0.3 is 6.03 Å². The Morgan fingerprint density at radius 3 is 2.49 bits per heavy atom. The van der Waals surface area contributed by atoms with E-state index in [2.05, 4.69) is 20.5 Å². The van der Waals surface area contributed by atoms with E-state index in [0.717, 1.165) is 89.8 Å². The number of unbranched alkanes of at least 4 members (excludes halogenated alkanes) is 2. The smallest absolute Gasteiger partial charge is 0.312 e. The molecule has 2 aliphatic rings. The highest BCUT2D eigenvalue weighted by molar-refractivity contribution is 6.04. The number of nitrogens with zero attached hydrogens (tertiary/aromatic N) is 2. The maximum Gasteiger partial charge on any atom is 0.312 e. The molecule has 0 bridgehead atoms. The number of aromatic nitrogens is 1. The van der Waals surface area contributed by atoms with E-state index < -0.39 is 11.6 Å². The third-order valence-corrected chi connectivity index (χ3v) is 7.77. The van der Waals surface area contributed by atoms with Crippen molar-refractivity contribution >= 4 is 23.3 Å². The van der Waals surface area contributed by atoms with Crippen molar-refractivity contribution in [1.29, 1.82) is 0 Å². The summed E-state index contributed by atoms with van der Waals surface area (Å²) < 4.78 is 5.44. The van der Waals surface area contributed by atoms with Crippen molar-refractivity contribution in [3.63, 3.8) is 0 Å². The highest BCUT2D eigenvalue weighted by Gasteiger charge is 2.42. The summed E-state index contributed by atoms with van der Waals surface area (Å²) in [6, 6.07) is 10.2. The molecular formula is C28H40N6O3. The molecule has 1 atom stereocenters. The number of primary amides is 1. The molecule has 2 heterocycles. The fourth-order valence-corrected chi connectivity index (χ4v) is 5.79. The fourth-order valence-electron chi connectivity index (χ4n) is 5.79. The van der Waals surface area contributed by atoms with Crippen LogP contribution in [0.5, 0.6) is 0 Å². The second-order valence-corrected chi connectivity index (χ2v) is 10.2. The van der Waals surface area contributed by atoms with Gasteiger partial charge in [0, 0.05) is 19.3 Å². The first-order chi connectivity index (χ1) is 18.0. The summed E-state index contributed by atoms with van der Waals surface area (Å²) in [6.45, 7) is 4.69. The predicted molar refractivity (Wildman–Crippen MR) is 145 cm³/mol. The number of urea groups is 1. The molecule has 1 aliphatic carbocycles. The van der Waals surface area contributed by atoms with E-state index in [4.69, 9.17) is 16.2 Å². The Morgan fingerprint density at radius 1 is 1.05 bits per heavy atom. The van der Waals surface area contributed by atoms with Crippen LogP contribution in [0.4, 0.5) is 16.2 Å². The van der Waals surface area contributed by atoms with Gasteiger partial charge in [-0.2, -0.15) is 0 Å². The topological polar surface area (TPSA) is 136 Å². The Balaban J connectivity index is 1.47. The van der Waals surface area contributed by atoms with Gasteiger partial charge < -0.3 is 26.8 Å². The van der Waals surface area contributed by atoms with Gasteiger partial charge in [0.15, 0.2) is 0 Å². The molecular weight excluding hydrogens is 468 g/mol. The number of nitrogen functional groups attached to an aromatic ring is 1. The fraction of sp³-hybridized carbons (Fsp3) is 0.536. The van der Waals surface area contributed by atoms with Crippen LogP contribution in [0.3, 0.4) is 0 Å². The molecule has 1 unspecified atom stereocenters. The van der Waals surface area contributed by atoms with Crippen LogP contribution < -0.4 is 22.1 Å². The number of anilines is 2. The molecule has 1 aliphatic heterocycles. The molecule has 3 amide bonds. The van der Waals surface area contributed by atoms with E-state index >= 15 is 0 Å². The number of benzene rings is 1. The number of carbonyl (C=O) groups is 2. The number of carbonyl (C=O) groups excluding carboxylic acids is 2. The Morgan fingerprint density at radius 2 is 1.81 bits per heavy atom. The lowest BCUT2D eigenvalue weighted by molar-refractivity contribution is 0.0370. The Kier molecular flexibility index (Phi) is 9.35. The minimum Gasteiger partial charge on any atom is -0.397 e. The maximum atomic E-state index is 12.8. The van der Waals surface area contributed by atoms with Crippen molar-refractivity contribution in [3.8, 4) is 0 Å². The predicted octanol–water partition coefficient (Wildman–Crippen LogP) is 3.86. The normalized spacial score (nSPS) is 18.3. The van der Waals surface area contributed by atoms with Gasteiger partial charge in [0.05, 0.1) is 30.1 Å². The van der Waals surface area contributed by atoms with Crippen molar-refractivity contribution in [2.45, 2.75) is 56.9 Å². The third kappa shape index (κ3) is 6.99. The van der Waals surface area contributed by atoms with Gasteiger partial charge in [-0.05, 0) is 61.9 Å². The van der Waals surface area contributed by atoms with Gasteiger partial charge in [-0.25, -0.2) is 4.79 Å². The van der Waals surface area contributed by atoms with Crippen LogP contribution in [0, 0.1) is 5.92 Å². The van der Waals surface area contributed by atoms with Crippen LogP contribution in [-0.4, -0.2) is 54.7 Å². The number of morpholine rings is 1. The Hall–Kier alpha value is -3.17. The number of nitrogens with two attached hydrogens (primary N) is 2. The van der Waals surface area contributed by atoms with Gasteiger partial charge in [0.1, 0.15) is 5.69 Å². The zero-order valence-corrected chi connectivity index (χ0v) is 21.6. The van der Waals surface area contributed by atoms with Crippen molar-refractivity contribution < 1.29 is 14.3 Å². The van der Waals surface area contributed by atoms with E-state index in [1.54, 1.807) is 24.4 Å². The third-order valence-electron chi connectivity index (χ3n) is 7.77. The first-order valence-electron chi connectivity index (χ1n) is 13.5. The largest absolute Gasteiger partial charge is 0.397 e. The Labute approximate surface area is 219 Å². The lowest BCUT2D eigenvalue weighted by atomic mass is 9.74. The summed E-state index contributed by atoms with van der Waals surface area (Å²) in [5.41, 5.74) is 13.3. The standard InChI is InChI=1S/C28H40N6O3/c29-23-10-4-5-11-24(23)32-26(35)25-13-12-22(20-31-25)28(33-27(30)36,21-8-2-3-9-21)14-6-1-7-15-34-16-18-37-19-17-34/h4-5,10-13,20-21H,1-3,6-9,14-19,29H2,(H,32,35)(H3,30,33,36). The highest BCUT2D eigenvalue weighted by Crippen LogP contribution is 2.43. The molecule has 9 nitrogen and oxygen atoms in total. The molecule has 37 heavy (non-hydrogen) atoms. The van der Waals surface area contributed by atoms with Gasteiger partial charge in [-0.15, -0.1) is 0 Å². The number of amides is 3. The molecule has 4 rings (SSSR count). The van der Waals surface area contributed by atoms with Crippen LogP contribution >= 0.6 is 0 Å². The lowest BCUT2D eigenvalue weighted by Gasteiger charge is -2.40. The number of nitrogens with one attached hydrogen (secondary N) is 2. The second-order valence-electron chi connectivity index (χ2n) is 10.2. The summed E-state index contributed by atoms with van der Waals surface area (Å²) in [6.07, 6.45) is 10.00. The number of hydrogen-bond acceptors (Lipinski definition) is 6. The molecule has 1 aromatic heterocycles. The molecule has 200 valence electrons. The van der Waals surface area contributed by atoms with Crippen LogP contribution in [0.15, 0.2) is 42.6 Å². The molecule has 1 aromatic carbocycles. The summed E-state index contributed by atoms with van der Waals surface area (Å²) in [5, 5.41) is 5.96. The molecule has 2 aromatic rings. The van der Waals surface area contributed by atoms with Crippen molar-refractivity contribution in [2.75, 3.05) is 43.9 Å². The van der Waals surface area contributed by atoms with E-state index in [9.17, 15) is 9.59 Å². The highest BCUT2D eigenvalue weighted by atomic mass is 16.5. The minimum atomic E-state index is -0.590. The zero-order valence-electron chi connectivity index (χ0n) is 21.6. The van der Waals surface area contributed by atoms with Gasteiger partial charge in [-0.1, -0.05) is 43.9 Å². The summed E-state index contributed by atoms with van der Waals surface area (Å²) in [7, 11) is 0. The lowest BCUT2D eigenvalue weighted by Crippen LogP contribution is -2.52. The first kappa shape index (κ1) is 26.9. The van der Waals surface area contributed by atoms with Gasteiger partial charge in [-0.3, -0.25) is 14.7 Å². The second kappa shape index (κ2) is 12.9. The van der Waals surface area contributed by atoms with Crippen LogP contribution in [0.25, 0.3) is 0 Å². The SMILES string of the molecule is NC(=O)NC(CCCCCN1CCOCC1)(c1ccc(C(=O)Nc2ccccc2N)nc1)C1CCCC1. The zero-order chi connectivity index (χ0) is 26.1. The molecule has 0 spiro atoms. The number of para-hydroxylation sites is 2. The van der Waals surface area contributed by atoms with Crippen molar-refractivity contribution in [2.24, 2.45) is 11.7 Å². The number of pyridine rings is 1. The average Bonchev–Trinajstić information content (AvgIpc) is 3.45. The van der Waals surface area contributed by atoms with Gasteiger partial charge in [0.2, 0.25) is 0 Å². The van der Waals surface area contributed by atoms with Crippen LogP contribution in [-0.2, 0) is 10.3 Å². The minimum absolute atomic E-state index is 0.282. The van der Waals surface area contributed by atoms with E-state index in [-0.39, 0.29) is 17.5 Å². The maximum absolute atomic E-state index is 12.8. The van der Waals surface area contributed by atoms with Crippen molar-refractivity contribution in [3.05, 3.63) is 53.9 Å². The van der Waals surface area contributed by atoms with E-state index in [0.29, 0.717) is 11.4 Å². The molecule has 2 fully saturated rings. The van der Waals surface area contributed by atoms with Crippen LogP contribution in [0.1, 0.15) is 67.4 Å². The first-order valence-corrected chi connectivity index (χ1v) is 13.5.